The number of carbonyl (C=O) groups is 2. The fourth-order valence-electron chi connectivity index (χ4n) is 4.34. The number of halogens is 3. The average molecular weight is 606 g/mol. The Morgan fingerprint density at radius 2 is 1.62 bits per heavy atom. The van der Waals surface area contributed by atoms with E-state index in [-0.39, 0.29) is 18.7 Å². The van der Waals surface area contributed by atoms with Crippen LogP contribution in [0.2, 0.25) is 0 Å². The largest absolute Gasteiger partial charge is 0.497 e. The Hall–Kier alpha value is -4.06. The molecule has 0 radical (unpaired) electrons. The van der Waals surface area contributed by atoms with E-state index in [1.165, 1.54) is 18.1 Å². The van der Waals surface area contributed by atoms with E-state index in [1.807, 2.05) is 13.0 Å². The zero-order valence-corrected chi connectivity index (χ0v) is 24.4. The lowest BCUT2D eigenvalue weighted by molar-refractivity contribution is -0.140. The number of amides is 2. The van der Waals surface area contributed by atoms with E-state index in [0.29, 0.717) is 34.7 Å². The first-order chi connectivity index (χ1) is 19.8. The Morgan fingerprint density at radius 1 is 0.952 bits per heavy atom. The van der Waals surface area contributed by atoms with Crippen LogP contribution in [0.25, 0.3) is 0 Å². The molecule has 0 fully saturated rings. The second kappa shape index (κ2) is 14.2. The molecular formula is C30H34F3N3O5S. The Bertz CT molecular complexity index is 1470. The van der Waals surface area contributed by atoms with E-state index in [4.69, 9.17) is 4.74 Å². The molecule has 0 saturated carbocycles. The van der Waals surface area contributed by atoms with Gasteiger partial charge in [0.25, 0.3) is 0 Å². The van der Waals surface area contributed by atoms with E-state index in [9.17, 15) is 31.2 Å². The van der Waals surface area contributed by atoms with Gasteiger partial charge in [-0.2, -0.15) is 13.2 Å². The fraction of sp³-hybridized carbons (Fsp3) is 0.333. The summed E-state index contributed by atoms with van der Waals surface area (Å²) in [4.78, 5) is 28.8. The Balaban J connectivity index is 2.08. The predicted molar refractivity (Wildman–Crippen MR) is 154 cm³/mol. The van der Waals surface area contributed by atoms with Crippen molar-refractivity contribution < 1.29 is 35.9 Å². The van der Waals surface area contributed by atoms with Gasteiger partial charge in [-0.25, -0.2) is 8.42 Å². The summed E-state index contributed by atoms with van der Waals surface area (Å²) in [6, 6.07) is 18.6. The van der Waals surface area contributed by atoms with Gasteiger partial charge in [0.05, 0.1) is 24.6 Å². The minimum atomic E-state index is -4.72. The molecule has 1 atom stereocenters. The van der Waals surface area contributed by atoms with Crippen LogP contribution in [0.5, 0.6) is 5.75 Å². The lowest BCUT2D eigenvalue weighted by Crippen LogP contribution is -2.53. The fourth-order valence-corrected chi connectivity index (χ4v) is 5.18. The number of carbonyl (C=O) groups excluding carboxylic acids is 2. The van der Waals surface area contributed by atoms with Crippen LogP contribution in [0.1, 0.15) is 30.0 Å². The highest BCUT2D eigenvalue weighted by molar-refractivity contribution is 7.92. The minimum Gasteiger partial charge on any atom is -0.497 e. The molecule has 1 N–H and O–H groups in total. The molecule has 0 spiro atoms. The molecule has 0 aromatic heterocycles. The molecule has 1 unspecified atom stereocenters. The maximum absolute atomic E-state index is 14.0. The minimum absolute atomic E-state index is 0.0900. The second-order valence-electron chi connectivity index (χ2n) is 9.69. The van der Waals surface area contributed by atoms with Gasteiger partial charge in [0.15, 0.2) is 0 Å². The molecule has 3 rings (SSSR count). The molecule has 0 aliphatic heterocycles. The summed E-state index contributed by atoms with van der Waals surface area (Å²) >= 11 is 0. The molecule has 0 aliphatic carbocycles. The van der Waals surface area contributed by atoms with E-state index >= 15 is 0 Å². The number of anilines is 1. The maximum atomic E-state index is 14.0. The number of nitrogens with one attached hydrogen (secondary N) is 1. The molecule has 0 bridgehead atoms. The van der Waals surface area contributed by atoms with Crippen LogP contribution >= 0.6 is 0 Å². The first kappa shape index (κ1) is 32.5. The van der Waals surface area contributed by atoms with Crippen molar-refractivity contribution >= 4 is 27.5 Å². The molecule has 8 nitrogen and oxygen atoms in total. The first-order valence-corrected chi connectivity index (χ1v) is 15.1. The molecule has 3 aromatic carbocycles. The van der Waals surface area contributed by atoms with E-state index in [2.05, 4.69) is 5.32 Å². The summed E-state index contributed by atoms with van der Waals surface area (Å²) < 4.78 is 71.8. The van der Waals surface area contributed by atoms with Gasteiger partial charge < -0.3 is 15.0 Å². The van der Waals surface area contributed by atoms with Crippen molar-refractivity contribution in [1.82, 2.24) is 10.2 Å². The summed E-state index contributed by atoms with van der Waals surface area (Å²) in [6.45, 7) is 1.32. The lowest BCUT2D eigenvalue weighted by atomic mass is 10.0. The zero-order valence-electron chi connectivity index (χ0n) is 23.6. The standard InChI is InChI=1S/C30H34F3N3O5S/c1-4-16-34-29(38)27(18-22-10-6-5-7-11-22)35(20-23-12-8-15-26(17-23)41-2)28(37)21-36(42(3,39)40)25-14-9-13-24(19-25)30(31,32)33/h5-15,17,19,27H,4,16,18,20-21H2,1-3H3,(H,34,38). The molecule has 0 aliphatic rings. The van der Waals surface area contributed by atoms with Crippen molar-refractivity contribution in [2.45, 2.75) is 38.5 Å². The smallest absolute Gasteiger partial charge is 0.416 e. The van der Waals surface area contributed by atoms with Gasteiger partial charge in [-0.1, -0.05) is 55.5 Å². The quantitative estimate of drug-likeness (QED) is 0.306. The van der Waals surface area contributed by atoms with Crippen molar-refractivity contribution in [3.8, 4) is 5.75 Å². The number of hydrogen-bond donors (Lipinski definition) is 1. The van der Waals surface area contributed by atoms with E-state index in [0.717, 1.165) is 24.0 Å². The SMILES string of the molecule is CCCNC(=O)C(Cc1ccccc1)N(Cc1cccc(OC)c1)C(=O)CN(c1cccc(C(F)(F)F)c1)S(C)(=O)=O. The highest BCUT2D eigenvalue weighted by atomic mass is 32.2. The number of ether oxygens (including phenoxy) is 1. The van der Waals surface area contributed by atoms with Crippen molar-refractivity contribution in [3.05, 3.63) is 95.6 Å². The molecule has 226 valence electrons. The Morgan fingerprint density at radius 3 is 2.24 bits per heavy atom. The molecule has 0 saturated heterocycles. The van der Waals surface area contributed by atoms with Gasteiger partial charge in [-0.05, 0) is 47.9 Å². The summed E-state index contributed by atoms with van der Waals surface area (Å²) in [5.74, 6) is -0.702. The van der Waals surface area contributed by atoms with E-state index < -0.39 is 46.2 Å². The van der Waals surface area contributed by atoms with Gasteiger partial charge in [-0.15, -0.1) is 0 Å². The number of alkyl halides is 3. The molecular weight excluding hydrogens is 571 g/mol. The molecule has 42 heavy (non-hydrogen) atoms. The van der Waals surface area contributed by atoms with Crippen LogP contribution in [0.4, 0.5) is 18.9 Å². The third-order valence-corrected chi connectivity index (χ3v) is 7.59. The Kier molecular flexibility index (Phi) is 11.0. The molecule has 3 aromatic rings. The summed E-state index contributed by atoms with van der Waals surface area (Å²) in [5, 5.41) is 2.82. The maximum Gasteiger partial charge on any atom is 0.416 e. The Labute approximate surface area is 244 Å². The van der Waals surface area contributed by atoms with Gasteiger partial charge >= 0.3 is 6.18 Å². The van der Waals surface area contributed by atoms with Crippen molar-refractivity contribution in [2.75, 3.05) is 30.8 Å². The third-order valence-electron chi connectivity index (χ3n) is 6.45. The van der Waals surface area contributed by atoms with Gasteiger partial charge in [0, 0.05) is 19.5 Å². The van der Waals surface area contributed by atoms with Crippen molar-refractivity contribution in [1.29, 1.82) is 0 Å². The van der Waals surface area contributed by atoms with Crippen molar-refractivity contribution in [2.24, 2.45) is 0 Å². The van der Waals surface area contributed by atoms with Crippen LogP contribution in [-0.4, -0.2) is 57.6 Å². The number of rotatable bonds is 13. The third kappa shape index (κ3) is 8.97. The first-order valence-electron chi connectivity index (χ1n) is 13.2. The van der Waals surface area contributed by atoms with E-state index in [1.54, 1.807) is 48.5 Å². The number of methoxy groups -OCH3 is 1. The number of benzene rings is 3. The summed E-state index contributed by atoms with van der Waals surface area (Å²) in [6.07, 6.45) is -3.15. The van der Waals surface area contributed by atoms with Crippen molar-refractivity contribution in [3.63, 3.8) is 0 Å². The highest BCUT2D eigenvalue weighted by Gasteiger charge is 2.35. The monoisotopic (exact) mass is 605 g/mol. The highest BCUT2D eigenvalue weighted by Crippen LogP contribution is 2.32. The number of sulfonamides is 1. The lowest BCUT2D eigenvalue weighted by Gasteiger charge is -2.33. The van der Waals surface area contributed by atoms with Gasteiger partial charge in [0.1, 0.15) is 18.3 Å². The molecule has 2 amide bonds. The second-order valence-corrected chi connectivity index (χ2v) is 11.6. The van der Waals surface area contributed by atoms with Gasteiger partial charge in [-0.3, -0.25) is 13.9 Å². The molecule has 0 heterocycles. The summed E-state index contributed by atoms with van der Waals surface area (Å²) in [5.41, 5.74) is -0.0169. The average Bonchev–Trinajstić information content (AvgIpc) is 2.96. The topological polar surface area (TPSA) is 96.0 Å². The van der Waals surface area contributed by atoms with Crippen LogP contribution in [-0.2, 0) is 38.8 Å². The van der Waals surface area contributed by atoms with Crippen LogP contribution in [0.15, 0.2) is 78.9 Å². The molecule has 12 heteroatoms. The van der Waals surface area contributed by atoms with Crippen LogP contribution in [0.3, 0.4) is 0 Å². The van der Waals surface area contributed by atoms with Crippen LogP contribution < -0.4 is 14.4 Å². The van der Waals surface area contributed by atoms with Crippen LogP contribution in [0, 0.1) is 0 Å². The van der Waals surface area contributed by atoms with Gasteiger partial charge in [0.2, 0.25) is 21.8 Å². The normalized spacial score (nSPS) is 12.3. The number of nitrogens with zero attached hydrogens (tertiary/aromatic N) is 2. The summed E-state index contributed by atoms with van der Waals surface area (Å²) in [7, 11) is -2.73. The predicted octanol–water partition coefficient (Wildman–Crippen LogP) is 4.65. The number of hydrogen-bond acceptors (Lipinski definition) is 5. The zero-order chi connectivity index (χ0) is 30.9.